The van der Waals surface area contributed by atoms with Crippen LogP contribution in [0.2, 0.25) is 0 Å². The average Bonchev–Trinajstić information content (AvgIpc) is 2.24. The number of sulfonamides is 1. The number of nitrogens with zero attached hydrogens (tertiary/aromatic N) is 1. The fourth-order valence-electron chi connectivity index (χ4n) is 3.15. The Hall–Kier alpha value is -1.40. The van der Waals surface area contributed by atoms with Crippen LogP contribution in [-0.4, -0.2) is 36.9 Å². The number of hydrogen-bond acceptors (Lipinski definition) is 3. The maximum Gasteiger partial charge on any atom is 0.306 e. The molecule has 2 fully saturated rings. The van der Waals surface area contributed by atoms with Crippen LogP contribution in [0.15, 0.2) is 29.2 Å². The van der Waals surface area contributed by atoms with E-state index in [1.807, 2.05) is 6.92 Å². The molecule has 1 N–H and O–H groups in total. The van der Waals surface area contributed by atoms with Crippen molar-refractivity contribution in [3.05, 3.63) is 29.8 Å². The highest BCUT2D eigenvalue weighted by atomic mass is 32.2. The molecule has 2 aliphatic rings. The summed E-state index contributed by atoms with van der Waals surface area (Å²) >= 11 is 0. The Labute approximate surface area is 118 Å². The standard InChI is InChI=1S/C14H17NO4S/c1-10-2-4-12(5-3-10)20(18,19)15-8-14(9-15)6-11(7-14)13(16)17/h2-5,11H,6-9H2,1H3,(H,16,17). The monoisotopic (exact) mass is 295 g/mol. The molecule has 1 saturated carbocycles. The van der Waals surface area contributed by atoms with E-state index in [1.165, 1.54) is 4.31 Å². The van der Waals surface area contributed by atoms with Crippen LogP contribution in [0.25, 0.3) is 0 Å². The topological polar surface area (TPSA) is 74.7 Å². The van der Waals surface area contributed by atoms with Crippen LogP contribution in [0.1, 0.15) is 18.4 Å². The summed E-state index contributed by atoms with van der Waals surface area (Å²) in [5, 5.41) is 8.88. The van der Waals surface area contributed by atoms with Crippen molar-refractivity contribution in [3.63, 3.8) is 0 Å². The minimum atomic E-state index is -3.42. The van der Waals surface area contributed by atoms with E-state index in [-0.39, 0.29) is 11.3 Å². The lowest BCUT2D eigenvalue weighted by molar-refractivity contribution is -0.155. The van der Waals surface area contributed by atoms with Gasteiger partial charge in [0.25, 0.3) is 0 Å². The number of carbonyl (C=O) groups is 1. The van der Waals surface area contributed by atoms with E-state index in [4.69, 9.17) is 5.11 Å². The zero-order valence-electron chi connectivity index (χ0n) is 11.2. The van der Waals surface area contributed by atoms with Crippen LogP contribution in [-0.2, 0) is 14.8 Å². The van der Waals surface area contributed by atoms with Gasteiger partial charge in [-0.2, -0.15) is 4.31 Å². The second-order valence-corrected chi connectivity index (χ2v) is 7.97. The minimum Gasteiger partial charge on any atom is -0.481 e. The molecule has 1 saturated heterocycles. The van der Waals surface area contributed by atoms with Gasteiger partial charge in [-0.3, -0.25) is 4.79 Å². The molecule has 0 bridgehead atoms. The summed E-state index contributed by atoms with van der Waals surface area (Å²) in [7, 11) is -3.42. The second-order valence-electron chi connectivity index (χ2n) is 6.03. The van der Waals surface area contributed by atoms with Gasteiger partial charge in [-0.25, -0.2) is 8.42 Å². The summed E-state index contributed by atoms with van der Waals surface area (Å²) in [6.45, 7) is 2.81. The summed E-state index contributed by atoms with van der Waals surface area (Å²) in [6, 6.07) is 6.81. The van der Waals surface area contributed by atoms with Crippen molar-refractivity contribution >= 4 is 16.0 Å². The van der Waals surface area contributed by atoms with Crippen molar-refractivity contribution < 1.29 is 18.3 Å². The van der Waals surface area contributed by atoms with E-state index in [9.17, 15) is 13.2 Å². The number of aliphatic carboxylic acids is 1. The van der Waals surface area contributed by atoms with Gasteiger partial charge in [0.2, 0.25) is 10.0 Å². The quantitative estimate of drug-likeness (QED) is 0.916. The summed E-state index contributed by atoms with van der Waals surface area (Å²) in [5.41, 5.74) is 0.938. The van der Waals surface area contributed by atoms with Gasteiger partial charge in [0.1, 0.15) is 0 Å². The molecular weight excluding hydrogens is 278 g/mol. The van der Waals surface area contributed by atoms with Crippen molar-refractivity contribution in [1.82, 2.24) is 4.31 Å². The number of hydrogen-bond donors (Lipinski definition) is 1. The molecule has 0 radical (unpaired) electrons. The Kier molecular flexibility index (Phi) is 2.92. The van der Waals surface area contributed by atoms with Gasteiger partial charge in [0.15, 0.2) is 0 Å². The van der Waals surface area contributed by atoms with Crippen molar-refractivity contribution in [1.29, 1.82) is 0 Å². The van der Waals surface area contributed by atoms with Crippen LogP contribution in [0.4, 0.5) is 0 Å². The van der Waals surface area contributed by atoms with Crippen molar-refractivity contribution in [3.8, 4) is 0 Å². The van der Waals surface area contributed by atoms with Crippen LogP contribution in [0, 0.1) is 18.3 Å². The van der Waals surface area contributed by atoms with Gasteiger partial charge in [0.05, 0.1) is 10.8 Å². The molecule has 108 valence electrons. The van der Waals surface area contributed by atoms with Crippen molar-refractivity contribution in [2.75, 3.05) is 13.1 Å². The van der Waals surface area contributed by atoms with Gasteiger partial charge in [-0.05, 0) is 37.3 Å². The normalized spacial score (nSPS) is 22.2. The number of aryl methyl sites for hydroxylation is 1. The van der Waals surface area contributed by atoms with Crippen molar-refractivity contribution in [2.24, 2.45) is 11.3 Å². The highest BCUT2D eigenvalue weighted by molar-refractivity contribution is 7.89. The molecule has 6 heteroatoms. The van der Waals surface area contributed by atoms with E-state index < -0.39 is 16.0 Å². The average molecular weight is 295 g/mol. The maximum atomic E-state index is 12.4. The van der Waals surface area contributed by atoms with Gasteiger partial charge in [-0.1, -0.05) is 17.7 Å². The first kappa shape index (κ1) is 13.6. The SMILES string of the molecule is Cc1ccc(S(=O)(=O)N2CC3(CC(C(=O)O)C3)C2)cc1. The number of carboxylic acids is 1. The predicted octanol–water partition coefficient (Wildman–Crippen LogP) is 1.48. The first-order valence-electron chi connectivity index (χ1n) is 6.62. The van der Waals surface area contributed by atoms with Crippen LogP contribution < -0.4 is 0 Å². The number of rotatable bonds is 3. The largest absolute Gasteiger partial charge is 0.481 e. The lowest BCUT2D eigenvalue weighted by atomic mass is 9.58. The molecule has 1 aliphatic heterocycles. The third kappa shape index (κ3) is 2.03. The Balaban J connectivity index is 1.68. The molecule has 0 atom stereocenters. The first-order valence-corrected chi connectivity index (χ1v) is 8.06. The molecular formula is C14H17NO4S. The van der Waals surface area contributed by atoms with E-state index >= 15 is 0 Å². The lowest BCUT2D eigenvalue weighted by Crippen LogP contribution is -2.64. The summed E-state index contributed by atoms with van der Waals surface area (Å²) in [6.07, 6.45) is 1.20. The minimum absolute atomic E-state index is 0.0825. The second kappa shape index (κ2) is 4.30. The Morgan fingerprint density at radius 2 is 1.80 bits per heavy atom. The molecule has 0 amide bonds. The van der Waals surface area contributed by atoms with E-state index in [0.29, 0.717) is 30.8 Å². The molecule has 1 heterocycles. The Morgan fingerprint density at radius 3 is 2.30 bits per heavy atom. The Morgan fingerprint density at radius 1 is 1.25 bits per heavy atom. The molecule has 3 rings (SSSR count). The zero-order valence-corrected chi connectivity index (χ0v) is 12.1. The number of carboxylic acid groups (broad SMARTS) is 1. The van der Waals surface area contributed by atoms with Gasteiger partial charge < -0.3 is 5.11 Å². The third-order valence-corrected chi connectivity index (χ3v) is 6.20. The molecule has 5 nitrogen and oxygen atoms in total. The molecule has 0 aromatic heterocycles. The van der Waals surface area contributed by atoms with E-state index in [2.05, 4.69) is 0 Å². The van der Waals surface area contributed by atoms with Gasteiger partial charge >= 0.3 is 5.97 Å². The van der Waals surface area contributed by atoms with E-state index in [1.54, 1.807) is 24.3 Å². The fraction of sp³-hybridized carbons (Fsp3) is 0.500. The van der Waals surface area contributed by atoms with Gasteiger partial charge in [0, 0.05) is 13.1 Å². The zero-order chi connectivity index (χ0) is 14.5. The highest BCUT2D eigenvalue weighted by Gasteiger charge is 2.57. The molecule has 1 aromatic rings. The third-order valence-electron chi connectivity index (χ3n) is 4.39. The maximum absolute atomic E-state index is 12.4. The van der Waals surface area contributed by atoms with Gasteiger partial charge in [-0.15, -0.1) is 0 Å². The molecule has 1 aliphatic carbocycles. The fourth-order valence-corrected chi connectivity index (χ4v) is 4.82. The predicted molar refractivity (Wildman–Crippen MR) is 72.7 cm³/mol. The van der Waals surface area contributed by atoms with Crippen molar-refractivity contribution in [2.45, 2.75) is 24.7 Å². The summed E-state index contributed by atoms with van der Waals surface area (Å²) < 4.78 is 26.2. The van der Waals surface area contributed by atoms with E-state index in [0.717, 1.165) is 5.56 Å². The molecule has 20 heavy (non-hydrogen) atoms. The summed E-state index contributed by atoms with van der Waals surface area (Å²) in [5.74, 6) is -1.06. The number of benzene rings is 1. The molecule has 1 aromatic carbocycles. The van der Waals surface area contributed by atoms with Crippen LogP contribution in [0.5, 0.6) is 0 Å². The smallest absolute Gasteiger partial charge is 0.306 e. The summed E-state index contributed by atoms with van der Waals surface area (Å²) in [4.78, 5) is 11.1. The molecule has 1 spiro atoms. The molecule has 0 unspecified atom stereocenters. The Bertz CT molecular complexity index is 636. The highest BCUT2D eigenvalue weighted by Crippen LogP contribution is 2.53. The van der Waals surface area contributed by atoms with Crippen LogP contribution in [0.3, 0.4) is 0 Å². The van der Waals surface area contributed by atoms with Crippen LogP contribution >= 0.6 is 0 Å². The first-order chi connectivity index (χ1) is 9.32. The lowest BCUT2D eigenvalue weighted by Gasteiger charge is -2.57.